The number of hydrogen-bond donors (Lipinski definition) is 2. The highest BCUT2D eigenvalue weighted by Gasteiger charge is 2.29. The Labute approximate surface area is 101 Å². The highest BCUT2D eigenvalue weighted by atomic mass is 19.4. The lowest BCUT2D eigenvalue weighted by Gasteiger charge is -2.09. The van der Waals surface area contributed by atoms with Crippen LogP contribution in [0.15, 0.2) is 24.3 Å². The highest BCUT2D eigenvalue weighted by Crippen LogP contribution is 2.29. The van der Waals surface area contributed by atoms with Gasteiger partial charge in [-0.2, -0.15) is 13.2 Å². The maximum absolute atomic E-state index is 12.3. The Morgan fingerprint density at radius 2 is 1.89 bits per heavy atom. The summed E-state index contributed by atoms with van der Waals surface area (Å²) < 4.78 is 41.5. The lowest BCUT2D eigenvalue weighted by Crippen LogP contribution is -2.14. The van der Waals surface area contributed by atoms with E-state index in [0.717, 1.165) is 12.1 Å². The predicted octanol–water partition coefficient (Wildman–Crippen LogP) is 2.22. The molecule has 4 nitrogen and oxygen atoms in total. The van der Waals surface area contributed by atoms with Gasteiger partial charge in [0.2, 0.25) is 0 Å². The van der Waals surface area contributed by atoms with Gasteiger partial charge in [0.15, 0.2) is 0 Å². The molecule has 18 heavy (non-hydrogen) atoms. The molecule has 0 aliphatic rings. The van der Waals surface area contributed by atoms with Gasteiger partial charge in [-0.3, -0.25) is 0 Å². The van der Waals surface area contributed by atoms with Gasteiger partial charge >= 0.3 is 12.1 Å². The van der Waals surface area contributed by atoms with Crippen LogP contribution >= 0.6 is 0 Å². The van der Waals surface area contributed by atoms with Gasteiger partial charge in [0, 0.05) is 12.2 Å². The quantitative estimate of drug-likeness (QED) is 0.773. The van der Waals surface area contributed by atoms with Crippen molar-refractivity contribution >= 4 is 11.7 Å². The number of carboxylic acids is 1. The van der Waals surface area contributed by atoms with E-state index in [9.17, 15) is 18.0 Å². The van der Waals surface area contributed by atoms with Crippen molar-refractivity contribution < 1.29 is 27.8 Å². The summed E-state index contributed by atoms with van der Waals surface area (Å²) in [5, 5.41) is 11.1. The predicted molar refractivity (Wildman–Crippen MR) is 58.4 cm³/mol. The van der Waals surface area contributed by atoms with Crippen molar-refractivity contribution in [1.82, 2.24) is 0 Å². The number of carboxylic acid groups (broad SMARTS) is 1. The lowest BCUT2D eigenvalue weighted by molar-refractivity contribution is -0.142. The number of anilines is 1. The summed E-state index contributed by atoms with van der Waals surface area (Å²) in [6, 6.07) is 4.56. The first-order valence-corrected chi connectivity index (χ1v) is 5.10. The van der Waals surface area contributed by atoms with E-state index in [1.54, 1.807) is 0 Å². The molecule has 0 fully saturated rings. The third-order valence-electron chi connectivity index (χ3n) is 2.01. The molecule has 0 radical (unpaired) electrons. The normalized spacial score (nSPS) is 11.3. The zero-order valence-corrected chi connectivity index (χ0v) is 9.33. The minimum atomic E-state index is -4.34. The zero-order valence-electron chi connectivity index (χ0n) is 9.33. The van der Waals surface area contributed by atoms with Crippen LogP contribution < -0.4 is 5.32 Å². The third kappa shape index (κ3) is 5.05. The van der Waals surface area contributed by atoms with Gasteiger partial charge in [-0.15, -0.1) is 0 Å². The lowest BCUT2D eigenvalue weighted by atomic mass is 10.2. The average Bonchev–Trinajstić information content (AvgIpc) is 2.27. The molecule has 1 rings (SSSR count). The number of ether oxygens (including phenoxy) is 1. The van der Waals surface area contributed by atoms with Crippen LogP contribution in [0.1, 0.15) is 5.56 Å². The second-order valence-electron chi connectivity index (χ2n) is 3.45. The molecule has 0 saturated carbocycles. The van der Waals surface area contributed by atoms with Crippen molar-refractivity contribution in [3.05, 3.63) is 29.8 Å². The third-order valence-corrected chi connectivity index (χ3v) is 2.01. The second kappa shape index (κ2) is 6.25. The van der Waals surface area contributed by atoms with Gasteiger partial charge in [-0.25, -0.2) is 4.79 Å². The van der Waals surface area contributed by atoms with Crippen LogP contribution in [-0.4, -0.2) is 30.8 Å². The Morgan fingerprint density at radius 1 is 1.28 bits per heavy atom. The molecule has 2 N–H and O–H groups in total. The fraction of sp³-hybridized carbons (Fsp3) is 0.364. The Morgan fingerprint density at radius 3 is 2.39 bits per heavy atom. The molecule has 1 aromatic rings. The zero-order chi connectivity index (χ0) is 13.6. The van der Waals surface area contributed by atoms with E-state index in [-0.39, 0.29) is 6.61 Å². The minimum absolute atomic E-state index is 0.160. The van der Waals surface area contributed by atoms with Gasteiger partial charge in [-0.05, 0) is 24.3 Å². The van der Waals surface area contributed by atoms with E-state index < -0.39 is 24.3 Å². The largest absolute Gasteiger partial charge is 0.480 e. The van der Waals surface area contributed by atoms with Crippen molar-refractivity contribution in [3.8, 4) is 0 Å². The van der Waals surface area contributed by atoms with E-state index >= 15 is 0 Å². The van der Waals surface area contributed by atoms with Crippen LogP contribution in [0.2, 0.25) is 0 Å². The summed E-state index contributed by atoms with van der Waals surface area (Å²) in [5.41, 5.74) is -0.197. The van der Waals surface area contributed by atoms with Gasteiger partial charge < -0.3 is 15.2 Å². The van der Waals surface area contributed by atoms with Crippen molar-refractivity contribution in [2.75, 3.05) is 25.1 Å². The topological polar surface area (TPSA) is 58.6 Å². The molecule has 100 valence electrons. The van der Waals surface area contributed by atoms with Gasteiger partial charge in [0.25, 0.3) is 0 Å². The van der Waals surface area contributed by atoms with Crippen LogP contribution in [0.5, 0.6) is 0 Å². The number of hydrogen-bond acceptors (Lipinski definition) is 3. The van der Waals surface area contributed by atoms with Gasteiger partial charge in [-0.1, -0.05) is 0 Å². The van der Waals surface area contributed by atoms with E-state index in [1.807, 2.05) is 0 Å². The van der Waals surface area contributed by atoms with Crippen LogP contribution in [0.25, 0.3) is 0 Å². The maximum Gasteiger partial charge on any atom is 0.416 e. The first kappa shape index (κ1) is 14.3. The first-order chi connectivity index (χ1) is 8.39. The average molecular weight is 263 g/mol. The molecule has 0 spiro atoms. The number of halogens is 3. The molecule has 0 aliphatic carbocycles. The van der Waals surface area contributed by atoms with Crippen LogP contribution in [0.3, 0.4) is 0 Å². The molecule has 0 bridgehead atoms. The Kier molecular flexibility index (Phi) is 4.96. The van der Waals surface area contributed by atoms with Crippen LogP contribution in [0, 0.1) is 0 Å². The molecular weight excluding hydrogens is 251 g/mol. The number of benzene rings is 1. The molecule has 0 aliphatic heterocycles. The summed E-state index contributed by atoms with van der Waals surface area (Å²) in [5.74, 6) is -1.07. The molecule has 0 amide bonds. The van der Waals surface area contributed by atoms with Crippen molar-refractivity contribution in [3.63, 3.8) is 0 Å². The van der Waals surface area contributed by atoms with Gasteiger partial charge in [0.1, 0.15) is 6.61 Å². The summed E-state index contributed by atoms with van der Waals surface area (Å²) in [4.78, 5) is 10.1. The molecule has 0 unspecified atom stereocenters. The molecule has 0 atom stereocenters. The minimum Gasteiger partial charge on any atom is -0.480 e. The molecule has 1 aromatic carbocycles. The number of rotatable bonds is 6. The Bertz CT molecular complexity index is 390. The Hall–Kier alpha value is -1.76. The summed E-state index contributed by atoms with van der Waals surface area (Å²) in [6.45, 7) is 0.0840. The smallest absolute Gasteiger partial charge is 0.416 e. The standard InChI is InChI=1S/C11H12F3NO3/c12-11(13,14)8-1-3-9(4-2-8)15-5-6-18-7-10(16)17/h1-4,15H,5-7H2,(H,16,17). The number of aliphatic carboxylic acids is 1. The summed E-state index contributed by atoms with van der Waals surface area (Å²) >= 11 is 0. The summed E-state index contributed by atoms with van der Waals surface area (Å²) in [7, 11) is 0. The van der Waals surface area contributed by atoms with E-state index in [1.165, 1.54) is 12.1 Å². The molecule has 0 saturated heterocycles. The fourth-order valence-corrected chi connectivity index (χ4v) is 1.20. The van der Waals surface area contributed by atoms with Crippen molar-refractivity contribution in [1.29, 1.82) is 0 Å². The van der Waals surface area contributed by atoms with Gasteiger partial charge in [0.05, 0.1) is 12.2 Å². The number of alkyl halides is 3. The van der Waals surface area contributed by atoms with E-state index in [0.29, 0.717) is 12.2 Å². The molecule has 7 heteroatoms. The molecular formula is C11H12F3NO3. The van der Waals surface area contributed by atoms with E-state index in [2.05, 4.69) is 5.32 Å². The number of carbonyl (C=O) groups is 1. The van der Waals surface area contributed by atoms with Crippen molar-refractivity contribution in [2.24, 2.45) is 0 Å². The SMILES string of the molecule is O=C(O)COCCNc1ccc(C(F)(F)F)cc1. The fourth-order valence-electron chi connectivity index (χ4n) is 1.20. The monoisotopic (exact) mass is 263 g/mol. The summed E-state index contributed by atoms with van der Waals surface area (Å²) in [6.07, 6.45) is -4.34. The maximum atomic E-state index is 12.3. The highest BCUT2D eigenvalue weighted by molar-refractivity contribution is 5.67. The first-order valence-electron chi connectivity index (χ1n) is 5.10. The second-order valence-corrected chi connectivity index (χ2v) is 3.45. The molecule has 0 aromatic heterocycles. The van der Waals surface area contributed by atoms with E-state index in [4.69, 9.17) is 9.84 Å². The molecule has 0 heterocycles. The Balaban J connectivity index is 2.33. The van der Waals surface area contributed by atoms with Crippen LogP contribution in [0.4, 0.5) is 18.9 Å². The van der Waals surface area contributed by atoms with Crippen molar-refractivity contribution in [2.45, 2.75) is 6.18 Å². The van der Waals surface area contributed by atoms with Crippen LogP contribution in [-0.2, 0) is 15.7 Å². The number of nitrogens with one attached hydrogen (secondary N) is 1.